The van der Waals surface area contributed by atoms with Gasteiger partial charge in [-0.1, -0.05) is 42.5 Å². The van der Waals surface area contributed by atoms with Crippen molar-refractivity contribution < 1.29 is 4.79 Å². The number of rotatable bonds is 4. The van der Waals surface area contributed by atoms with Crippen molar-refractivity contribution in [1.82, 2.24) is 15.1 Å². The highest BCUT2D eigenvalue weighted by Crippen LogP contribution is 2.21. The van der Waals surface area contributed by atoms with E-state index in [9.17, 15) is 4.79 Å². The molecule has 0 spiro atoms. The molecule has 7 heteroatoms. The predicted molar refractivity (Wildman–Crippen MR) is 124 cm³/mol. The Hall–Kier alpha value is -0.980. The number of thioether (sulfide) groups is 1. The van der Waals surface area contributed by atoms with Gasteiger partial charge in [0.25, 0.3) is 0 Å². The van der Waals surface area contributed by atoms with Crippen molar-refractivity contribution in [1.29, 1.82) is 0 Å². The molecule has 2 saturated heterocycles. The summed E-state index contributed by atoms with van der Waals surface area (Å²) >= 11 is 1.95. The highest BCUT2D eigenvalue weighted by atomic mass is 35.5. The molecule has 4 rings (SSSR count). The van der Waals surface area contributed by atoms with E-state index < -0.39 is 0 Å². The van der Waals surface area contributed by atoms with Crippen molar-refractivity contribution in [2.75, 3.05) is 44.2 Å². The zero-order valence-corrected chi connectivity index (χ0v) is 18.5. The molecule has 0 radical (unpaired) electrons. The van der Waals surface area contributed by atoms with Crippen LogP contribution in [0.15, 0.2) is 42.5 Å². The lowest BCUT2D eigenvalue weighted by molar-refractivity contribution is -0.133. The number of carbonyl (C=O) groups excluding carboxylic acids is 1. The minimum absolute atomic E-state index is 0. The highest BCUT2D eigenvalue weighted by molar-refractivity contribution is 7.99. The van der Waals surface area contributed by atoms with E-state index in [-0.39, 0.29) is 24.8 Å². The molecule has 1 atom stereocenters. The standard InChI is InChI=1S/C21H27N3OS.2ClH/c25-21(14-19-16-26-13-8-22-19)24-11-9-23(10-12-24)15-18-6-3-5-17-4-1-2-7-20(17)18;;/h1-7,19,22H,8-16H2;2*1H. The average molecular weight is 442 g/mol. The predicted octanol–water partition coefficient (Wildman–Crippen LogP) is 3.42. The van der Waals surface area contributed by atoms with Gasteiger partial charge < -0.3 is 10.2 Å². The first-order chi connectivity index (χ1) is 12.8. The monoisotopic (exact) mass is 441 g/mol. The quantitative estimate of drug-likeness (QED) is 0.787. The van der Waals surface area contributed by atoms with Crippen molar-refractivity contribution in [3.8, 4) is 0 Å². The Morgan fingerprint density at radius 2 is 1.79 bits per heavy atom. The molecule has 2 aromatic rings. The smallest absolute Gasteiger partial charge is 0.224 e. The van der Waals surface area contributed by atoms with E-state index in [0.29, 0.717) is 18.4 Å². The molecule has 2 fully saturated rings. The molecule has 154 valence electrons. The summed E-state index contributed by atoms with van der Waals surface area (Å²) in [5.74, 6) is 2.54. The number of halogens is 2. The molecule has 0 bridgehead atoms. The molecule has 1 amide bonds. The second-order valence-corrected chi connectivity index (χ2v) is 8.38. The van der Waals surface area contributed by atoms with Gasteiger partial charge in [0.15, 0.2) is 0 Å². The van der Waals surface area contributed by atoms with E-state index in [1.54, 1.807) is 0 Å². The number of carbonyl (C=O) groups is 1. The van der Waals surface area contributed by atoms with E-state index in [2.05, 4.69) is 57.6 Å². The largest absolute Gasteiger partial charge is 0.340 e. The number of nitrogens with zero attached hydrogens (tertiary/aromatic N) is 2. The minimum Gasteiger partial charge on any atom is -0.340 e. The van der Waals surface area contributed by atoms with Crippen LogP contribution in [0.5, 0.6) is 0 Å². The number of piperazine rings is 1. The van der Waals surface area contributed by atoms with Gasteiger partial charge in [-0.15, -0.1) is 24.8 Å². The molecule has 2 aliphatic heterocycles. The zero-order chi connectivity index (χ0) is 17.8. The van der Waals surface area contributed by atoms with Gasteiger partial charge in [-0.25, -0.2) is 0 Å². The van der Waals surface area contributed by atoms with Crippen molar-refractivity contribution in [2.24, 2.45) is 0 Å². The van der Waals surface area contributed by atoms with Crippen LogP contribution in [0, 0.1) is 0 Å². The van der Waals surface area contributed by atoms with Gasteiger partial charge >= 0.3 is 0 Å². The Morgan fingerprint density at radius 1 is 1.04 bits per heavy atom. The molecule has 0 aromatic heterocycles. The van der Waals surface area contributed by atoms with Crippen LogP contribution in [0.4, 0.5) is 0 Å². The van der Waals surface area contributed by atoms with E-state index in [4.69, 9.17) is 0 Å². The van der Waals surface area contributed by atoms with E-state index in [0.717, 1.165) is 50.8 Å². The maximum Gasteiger partial charge on any atom is 0.224 e. The van der Waals surface area contributed by atoms with Gasteiger partial charge in [-0.05, 0) is 16.3 Å². The Balaban J connectivity index is 0.00000140. The first-order valence-corrected chi connectivity index (χ1v) is 10.7. The summed E-state index contributed by atoms with van der Waals surface area (Å²) in [6, 6.07) is 15.5. The van der Waals surface area contributed by atoms with Gasteiger partial charge in [0.1, 0.15) is 0 Å². The number of amides is 1. The van der Waals surface area contributed by atoms with Crippen molar-refractivity contribution in [3.63, 3.8) is 0 Å². The Bertz CT molecular complexity index is 757. The van der Waals surface area contributed by atoms with Gasteiger partial charge in [0.05, 0.1) is 0 Å². The van der Waals surface area contributed by atoms with Crippen LogP contribution in [0.2, 0.25) is 0 Å². The van der Waals surface area contributed by atoms with Crippen molar-refractivity contribution in [3.05, 3.63) is 48.0 Å². The Labute approximate surface area is 184 Å². The fourth-order valence-corrected chi connectivity index (χ4v) is 4.87. The molecule has 28 heavy (non-hydrogen) atoms. The van der Waals surface area contributed by atoms with Gasteiger partial charge in [-0.2, -0.15) is 11.8 Å². The third-order valence-electron chi connectivity index (χ3n) is 5.42. The lowest BCUT2D eigenvalue weighted by atomic mass is 10.0. The van der Waals surface area contributed by atoms with Crippen LogP contribution in [-0.2, 0) is 11.3 Å². The third-order valence-corrected chi connectivity index (χ3v) is 6.55. The second-order valence-electron chi connectivity index (χ2n) is 7.23. The fraction of sp³-hybridized carbons (Fsp3) is 0.476. The molecule has 2 aromatic carbocycles. The molecule has 4 nitrogen and oxygen atoms in total. The zero-order valence-electron chi connectivity index (χ0n) is 16.0. The summed E-state index contributed by atoms with van der Waals surface area (Å²) in [4.78, 5) is 17.1. The number of hydrogen-bond acceptors (Lipinski definition) is 4. The van der Waals surface area contributed by atoms with Crippen molar-refractivity contribution in [2.45, 2.75) is 19.0 Å². The molecule has 1 N–H and O–H groups in total. The Morgan fingerprint density at radius 3 is 2.54 bits per heavy atom. The first-order valence-electron chi connectivity index (χ1n) is 9.57. The molecule has 0 aliphatic carbocycles. The molecular formula is C21H29Cl2N3OS. The van der Waals surface area contributed by atoms with E-state index >= 15 is 0 Å². The summed E-state index contributed by atoms with van der Waals surface area (Å²) in [5, 5.41) is 6.11. The van der Waals surface area contributed by atoms with Gasteiger partial charge in [-0.3, -0.25) is 9.69 Å². The number of benzene rings is 2. The van der Waals surface area contributed by atoms with Crippen LogP contribution in [0.25, 0.3) is 10.8 Å². The maximum atomic E-state index is 12.6. The topological polar surface area (TPSA) is 35.6 Å². The van der Waals surface area contributed by atoms with E-state index in [1.807, 2.05) is 11.8 Å². The summed E-state index contributed by atoms with van der Waals surface area (Å²) < 4.78 is 0. The third kappa shape index (κ3) is 5.77. The number of fused-ring (bicyclic) bond motifs is 1. The minimum atomic E-state index is 0. The van der Waals surface area contributed by atoms with E-state index in [1.165, 1.54) is 16.3 Å². The van der Waals surface area contributed by atoms with Crippen LogP contribution < -0.4 is 5.32 Å². The van der Waals surface area contributed by atoms with Crippen LogP contribution in [0.3, 0.4) is 0 Å². The lowest BCUT2D eigenvalue weighted by Gasteiger charge is -2.36. The highest BCUT2D eigenvalue weighted by Gasteiger charge is 2.24. The number of hydrogen-bond donors (Lipinski definition) is 1. The van der Waals surface area contributed by atoms with Gasteiger partial charge in [0.2, 0.25) is 5.91 Å². The summed E-state index contributed by atoms with van der Waals surface area (Å²) in [5.41, 5.74) is 1.38. The average Bonchev–Trinajstić information content (AvgIpc) is 2.70. The van der Waals surface area contributed by atoms with Crippen LogP contribution in [-0.4, -0.2) is 66.0 Å². The summed E-state index contributed by atoms with van der Waals surface area (Å²) in [6.07, 6.45) is 0.649. The van der Waals surface area contributed by atoms with Crippen LogP contribution in [0.1, 0.15) is 12.0 Å². The molecule has 2 heterocycles. The maximum absolute atomic E-state index is 12.6. The summed E-state index contributed by atoms with van der Waals surface area (Å²) in [6.45, 7) is 5.61. The molecule has 1 unspecified atom stereocenters. The van der Waals surface area contributed by atoms with Gasteiger partial charge in [0, 0.05) is 63.2 Å². The first kappa shape index (κ1) is 23.3. The second kappa shape index (κ2) is 11.3. The molecule has 0 saturated carbocycles. The van der Waals surface area contributed by atoms with Crippen LogP contribution >= 0.6 is 36.6 Å². The Kier molecular flexibility index (Phi) is 9.38. The molecular weight excluding hydrogens is 413 g/mol. The summed E-state index contributed by atoms with van der Waals surface area (Å²) in [7, 11) is 0. The normalized spacial score (nSPS) is 20.3. The fourth-order valence-electron chi connectivity index (χ4n) is 3.92. The lowest BCUT2D eigenvalue weighted by Crippen LogP contribution is -2.50. The molecule has 2 aliphatic rings. The number of nitrogens with one attached hydrogen (secondary N) is 1. The van der Waals surface area contributed by atoms with Crippen molar-refractivity contribution >= 4 is 53.3 Å². The SMILES string of the molecule is Cl.Cl.O=C(CC1CSCCN1)N1CCN(Cc2cccc3ccccc23)CC1.